The summed E-state index contributed by atoms with van der Waals surface area (Å²) in [5.74, 6) is -25.8. The predicted octanol–water partition coefficient (Wildman–Crippen LogP) is 7.29. The van der Waals surface area contributed by atoms with Crippen LogP contribution in [0.1, 0.15) is 39.5 Å². The van der Waals surface area contributed by atoms with Crippen molar-refractivity contribution in [3.63, 3.8) is 0 Å². The highest BCUT2D eigenvalue weighted by atomic mass is 19.4. The second-order valence-corrected chi connectivity index (χ2v) is 7.50. The highest BCUT2D eigenvalue weighted by molar-refractivity contribution is 5.84. The highest BCUT2D eigenvalue weighted by Crippen LogP contribution is 2.56. The maximum atomic E-state index is 14.7. The fourth-order valence-electron chi connectivity index (χ4n) is 2.37. The molecule has 0 radical (unpaired) electrons. The molecule has 0 spiro atoms. The molecule has 0 N–H and O–H groups in total. The average molecular weight is 607 g/mol. The fraction of sp³-hybridized carbons (Fsp3) is 0.941. The minimum absolute atomic E-state index is 0.0518. The predicted molar refractivity (Wildman–Crippen MR) is 89.3 cm³/mol. The first-order valence-corrected chi connectivity index (χ1v) is 10.0. The Hall–Kier alpha value is -1.80. The first-order chi connectivity index (χ1) is 16.6. The number of rotatable bonds is 13. The van der Waals surface area contributed by atoms with Crippen LogP contribution in [0.4, 0.5) is 74.6 Å². The Morgan fingerprint density at radius 3 is 1.26 bits per heavy atom. The van der Waals surface area contributed by atoms with Crippen LogP contribution >= 0.6 is 0 Å². The van der Waals surface area contributed by atoms with Crippen molar-refractivity contribution < 1.29 is 88.9 Å². The smallest absolute Gasteiger partial charge is 0.337 e. The molecule has 21 heteroatoms. The maximum Gasteiger partial charge on any atom is 0.462 e. The molecule has 0 saturated carbocycles. The molecule has 0 rings (SSSR count). The van der Waals surface area contributed by atoms with Crippen LogP contribution in [0.3, 0.4) is 0 Å². The van der Waals surface area contributed by atoms with Gasteiger partial charge < -0.3 is 4.90 Å². The van der Waals surface area contributed by atoms with Crippen LogP contribution in [0, 0.1) is 0 Å². The maximum absolute atomic E-state index is 14.7. The van der Waals surface area contributed by atoms with E-state index in [1.165, 1.54) is 18.6 Å². The van der Waals surface area contributed by atoms with Crippen LogP contribution in [-0.2, 0) is 14.3 Å². The zero-order valence-corrected chi connectivity index (χ0v) is 18.8. The molecular weight excluding hydrogens is 589 g/mol. The summed E-state index contributed by atoms with van der Waals surface area (Å²) in [6.45, 7) is 0.958. The molecule has 38 heavy (non-hydrogen) atoms. The van der Waals surface area contributed by atoms with Gasteiger partial charge in [-0.05, 0) is 12.8 Å². The highest BCUT2D eigenvalue weighted by Gasteiger charge is 2.85. The number of unbranched alkanes of at least 4 members (excludes halogenated alkanes) is 2. The van der Waals surface area contributed by atoms with E-state index in [1.54, 1.807) is 0 Å². The second-order valence-electron chi connectivity index (χ2n) is 7.50. The Kier molecular flexibility index (Phi) is 10.8. The van der Waals surface area contributed by atoms with E-state index in [0.29, 0.717) is 0 Å². The topological polar surface area (TPSA) is 38.8 Å². The van der Waals surface area contributed by atoms with Gasteiger partial charge >= 0.3 is 48.4 Å². The molecule has 0 fully saturated rings. The van der Waals surface area contributed by atoms with Gasteiger partial charge in [0.15, 0.2) is 0 Å². The molecule has 2 atom stereocenters. The van der Waals surface area contributed by atoms with Gasteiger partial charge in [0, 0.05) is 13.1 Å². The molecule has 0 aromatic carbocycles. The van der Waals surface area contributed by atoms with Gasteiger partial charge in [0.1, 0.15) is 0 Å². The summed E-state index contributed by atoms with van der Waals surface area (Å²) in [6, 6.07) is 0. The summed E-state index contributed by atoms with van der Waals surface area (Å²) in [5.41, 5.74) is 0. The monoisotopic (exact) mass is 607 g/mol. The van der Waals surface area contributed by atoms with E-state index in [-0.39, 0.29) is 30.6 Å². The number of amides is 1. The van der Waals surface area contributed by atoms with E-state index < -0.39 is 67.4 Å². The summed E-state index contributed by atoms with van der Waals surface area (Å²) in [6.07, 6.45) is -38.8. The van der Waals surface area contributed by atoms with Gasteiger partial charge in [0.05, 0.1) is 0 Å². The average Bonchev–Trinajstić information content (AvgIpc) is 2.70. The lowest BCUT2D eigenvalue weighted by Gasteiger charge is -2.41. The third-order valence-electron chi connectivity index (χ3n) is 4.49. The number of carbonyl (C=O) groups excluding carboxylic acids is 1. The molecule has 0 aromatic heterocycles. The third-order valence-corrected chi connectivity index (χ3v) is 4.49. The molecule has 0 aliphatic carbocycles. The number of carbonyl (C=O) groups is 1. The van der Waals surface area contributed by atoms with E-state index in [4.69, 9.17) is 0 Å². The van der Waals surface area contributed by atoms with E-state index in [0.717, 1.165) is 0 Å². The summed E-state index contributed by atoms with van der Waals surface area (Å²) >= 11 is 0. The Balaban J connectivity index is 6.87. The van der Waals surface area contributed by atoms with E-state index in [9.17, 15) is 79.4 Å². The normalized spacial score (nSPS) is 17.7. The molecule has 0 saturated heterocycles. The van der Waals surface area contributed by atoms with Crippen molar-refractivity contribution in [2.24, 2.45) is 0 Å². The molecule has 0 unspecified atom stereocenters. The Morgan fingerprint density at radius 1 is 0.579 bits per heavy atom. The molecule has 0 bridgehead atoms. The molecular formula is C17H18F17NO3. The van der Waals surface area contributed by atoms with E-state index in [2.05, 4.69) is 4.74 Å². The summed E-state index contributed by atoms with van der Waals surface area (Å²) in [5, 5.41) is 0. The van der Waals surface area contributed by atoms with Crippen LogP contribution in [-0.4, -0.2) is 72.3 Å². The lowest BCUT2D eigenvalue weighted by Crippen LogP contribution is -2.69. The van der Waals surface area contributed by atoms with Crippen molar-refractivity contribution >= 4 is 5.91 Å². The summed E-state index contributed by atoms with van der Waals surface area (Å²) in [7, 11) is 0. The van der Waals surface area contributed by atoms with Crippen molar-refractivity contribution in [1.82, 2.24) is 4.90 Å². The second kappa shape index (κ2) is 11.4. The first kappa shape index (κ1) is 36.2. The molecule has 0 aromatic rings. The Labute approximate surface area is 202 Å². The Morgan fingerprint density at radius 2 is 0.974 bits per heavy atom. The van der Waals surface area contributed by atoms with Gasteiger partial charge in [-0.15, -0.1) is 0 Å². The number of nitrogens with zero attached hydrogens (tertiary/aromatic N) is 1. The number of halogens is 17. The third kappa shape index (κ3) is 7.04. The largest absolute Gasteiger partial charge is 0.462 e. The van der Waals surface area contributed by atoms with Crippen LogP contribution in [0.5, 0.6) is 0 Å². The van der Waals surface area contributed by atoms with Crippen molar-refractivity contribution in [3.8, 4) is 0 Å². The molecule has 0 aliphatic heterocycles. The van der Waals surface area contributed by atoms with Crippen LogP contribution in [0.25, 0.3) is 0 Å². The number of alkyl halides is 17. The van der Waals surface area contributed by atoms with Crippen LogP contribution < -0.4 is 0 Å². The zero-order valence-electron chi connectivity index (χ0n) is 18.8. The molecule has 1 amide bonds. The summed E-state index contributed by atoms with van der Waals surface area (Å²) in [4.78, 5) is 12.0. The molecule has 4 nitrogen and oxygen atoms in total. The standard InChI is InChI=1S/C17H18F17NO3/c1-3-5-7-35(8-6-4-2)9(36)10(18,13(22,23)24)37-17(33,34)12(21,15(28,29)30)38-16(31,32)11(19,20)14(25,26)27/h3-8H2,1-2H3/t10-,12-/m0/s1. The van der Waals surface area contributed by atoms with Crippen molar-refractivity contribution in [2.45, 2.75) is 87.9 Å². The van der Waals surface area contributed by atoms with Crippen molar-refractivity contribution in [1.29, 1.82) is 0 Å². The van der Waals surface area contributed by atoms with E-state index >= 15 is 0 Å². The van der Waals surface area contributed by atoms with Gasteiger partial charge in [-0.3, -0.25) is 14.3 Å². The van der Waals surface area contributed by atoms with Gasteiger partial charge in [-0.25, -0.2) is 0 Å². The minimum Gasteiger partial charge on any atom is -0.337 e. The zero-order chi connectivity index (χ0) is 30.8. The summed E-state index contributed by atoms with van der Waals surface area (Å²) < 4.78 is 228. The number of ether oxygens (including phenoxy) is 2. The SMILES string of the molecule is CCCCN(CCCC)C(=O)[C@](F)(OC(F)(F)[C@@](F)(OC(F)(F)C(F)(F)C(F)(F)F)C(F)(F)F)C(F)(F)F. The van der Waals surface area contributed by atoms with Gasteiger partial charge in [0.2, 0.25) is 0 Å². The molecule has 228 valence electrons. The molecule has 0 heterocycles. The Bertz CT molecular complexity index is 786. The van der Waals surface area contributed by atoms with Crippen molar-refractivity contribution in [3.05, 3.63) is 0 Å². The lowest BCUT2D eigenvalue weighted by molar-refractivity contribution is -0.548. The fourth-order valence-corrected chi connectivity index (χ4v) is 2.37. The van der Waals surface area contributed by atoms with Gasteiger partial charge in [0.25, 0.3) is 5.91 Å². The molecule has 0 aliphatic rings. The van der Waals surface area contributed by atoms with Crippen molar-refractivity contribution in [2.75, 3.05) is 13.1 Å². The van der Waals surface area contributed by atoms with Gasteiger partial charge in [-0.2, -0.15) is 74.6 Å². The quantitative estimate of drug-likeness (QED) is 0.207. The lowest BCUT2D eigenvalue weighted by atomic mass is 10.1. The first-order valence-electron chi connectivity index (χ1n) is 10.0. The number of hydrogen-bond acceptors (Lipinski definition) is 3. The minimum atomic E-state index is -8.02. The number of hydrogen-bond donors (Lipinski definition) is 0. The van der Waals surface area contributed by atoms with Crippen LogP contribution in [0.2, 0.25) is 0 Å². The van der Waals surface area contributed by atoms with E-state index in [1.807, 2.05) is 0 Å². The van der Waals surface area contributed by atoms with Gasteiger partial charge in [-0.1, -0.05) is 26.7 Å². The van der Waals surface area contributed by atoms with Crippen LogP contribution in [0.15, 0.2) is 0 Å².